The minimum absolute atomic E-state index is 0.187. The first-order valence-electron chi connectivity index (χ1n) is 7.40. The number of anilines is 1. The van der Waals surface area contributed by atoms with Crippen LogP contribution in [0.3, 0.4) is 0 Å². The highest BCUT2D eigenvalue weighted by molar-refractivity contribution is 8.00. The van der Waals surface area contributed by atoms with Crippen LogP contribution in [0.2, 0.25) is 0 Å². The number of tetrazole rings is 1. The minimum atomic E-state index is -0.370. The lowest BCUT2D eigenvalue weighted by molar-refractivity contribution is -0.115. The van der Waals surface area contributed by atoms with Crippen molar-refractivity contribution in [1.82, 2.24) is 25.4 Å². The van der Waals surface area contributed by atoms with Crippen molar-refractivity contribution < 1.29 is 14.1 Å². The molecule has 1 amide bonds. The Morgan fingerprint density at radius 3 is 2.96 bits per heavy atom. The zero-order valence-electron chi connectivity index (χ0n) is 12.9. The lowest BCUT2D eigenvalue weighted by Crippen LogP contribution is -2.24. The molecule has 23 heavy (non-hydrogen) atoms. The van der Waals surface area contributed by atoms with Gasteiger partial charge in [-0.05, 0) is 37.1 Å². The van der Waals surface area contributed by atoms with Crippen molar-refractivity contribution in [3.05, 3.63) is 11.8 Å². The number of thioether (sulfide) groups is 1. The van der Waals surface area contributed by atoms with Gasteiger partial charge in [0.1, 0.15) is 0 Å². The van der Waals surface area contributed by atoms with E-state index in [-0.39, 0.29) is 17.2 Å². The zero-order valence-corrected chi connectivity index (χ0v) is 13.7. The van der Waals surface area contributed by atoms with Crippen LogP contribution < -0.4 is 5.32 Å². The van der Waals surface area contributed by atoms with Crippen LogP contribution in [0.15, 0.2) is 15.7 Å². The molecule has 0 aromatic carbocycles. The molecule has 1 unspecified atom stereocenters. The number of carbonyl (C=O) groups is 1. The number of ether oxygens (including phenoxy) is 1. The van der Waals surface area contributed by atoms with Crippen LogP contribution >= 0.6 is 11.8 Å². The van der Waals surface area contributed by atoms with E-state index in [1.165, 1.54) is 11.8 Å². The van der Waals surface area contributed by atoms with Gasteiger partial charge in [-0.3, -0.25) is 10.1 Å². The molecule has 1 atom stereocenters. The molecule has 3 rings (SSSR count). The van der Waals surface area contributed by atoms with E-state index >= 15 is 0 Å². The van der Waals surface area contributed by atoms with Gasteiger partial charge in [0, 0.05) is 19.3 Å². The van der Waals surface area contributed by atoms with Crippen LogP contribution in [0.25, 0.3) is 0 Å². The molecule has 1 N–H and O–H groups in total. The van der Waals surface area contributed by atoms with Gasteiger partial charge in [-0.15, -0.1) is 5.10 Å². The molecule has 0 bridgehead atoms. The highest BCUT2D eigenvalue weighted by Crippen LogP contribution is 2.27. The van der Waals surface area contributed by atoms with Gasteiger partial charge in [0.2, 0.25) is 16.9 Å². The smallest absolute Gasteiger partial charge is 0.240 e. The topological polar surface area (TPSA) is 108 Å². The summed E-state index contributed by atoms with van der Waals surface area (Å²) in [6.45, 7) is 5.00. The molecule has 0 spiro atoms. The fourth-order valence-corrected chi connectivity index (χ4v) is 3.14. The lowest BCUT2D eigenvalue weighted by Gasteiger charge is -2.22. The number of rotatable bonds is 5. The summed E-state index contributed by atoms with van der Waals surface area (Å²) in [5.41, 5.74) is 0.712. The first-order valence-corrected chi connectivity index (χ1v) is 8.28. The van der Waals surface area contributed by atoms with E-state index in [1.54, 1.807) is 24.6 Å². The molecule has 124 valence electrons. The summed E-state index contributed by atoms with van der Waals surface area (Å²) in [7, 11) is 0. The fourth-order valence-electron chi connectivity index (χ4n) is 2.28. The summed E-state index contributed by atoms with van der Waals surface area (Å²) in [5.74, 6) is 0.150. The number of nitrogens with zero attached hydrogens (tertiary/aromatic N) is 5. The molecule has 0 saturated carbocycles. The van der Waals surface area contributed by atoms with Gasteiger partial charge in [-0.25, -0.2) is 4.68 Å². The molecule has 1 fully saturated rings. The van der Waals surface area contributed by atoms with Crippen molar-refractivity contribution >= 4 is 23.6 Å². The molecule has 0 aliphatic carbocycles. The normalized spacial score (nSPS) is 17.1. The molecule has 2 aromatic heterocycles. The SMILES string of the molecule is Cc1cc(NC(=O)C(C)Sc2nnnn2C2CCOCC2)on1. The largest absolute Gasteiger partial charge is 0.381 e. The van der Waals surface area contributed by atoms with Crippen LogP contribution in [0.1, 0.15) is 31.5 Å². The lowest BCUT2D eigenvalue weighted by atomic mass is 10.1. The number of hydrogen-bond acceptors (Lipinski definition) is 8. The summed E-state index contributed by atoms with van der Waals surface area (Å²) in [5, 5.41) is 18.5. The third-order valence-electron chi connectivity index (χ3n) is 3.53. The highest BCUT2D eigenvalue weighted by atomic mass is 32.2. The average molecular weight is 338 g/mol. The predicted octanol–water partition coefficient (Wildman–Crippen LogP) is 1.44. The maximum atomic E-state index is 12.2. The van der Waals surface area contributed by atoms with Crippen molar-refractivity contribution in [1.29, 1.82) is 0 Å². The standard InChI is InChI=1S/C13H18N6O3S/c1-8-7-11(22-16-8)14-12(20)9(2)23-13-15-17-18-19(13)10-3-5-21-6-4-10/h7,9-10H,3-6H2,1-2H3,(H,14,20). The van der Waals surface area contributed by atoms with Crippen LogP contribution in [0, 0.1) is 6.92 Å². The van der Waals surface area contributed by atoms with E-state index in [4.69, 9.17) is 9.26 Å². The van der Waals surface area contributed by atoms with Crippen LogP contribution in [0.5, 0.6) is 0 Å². The quantitative estimate of drug-likeness (QED) is 0.816. The Bertz CT molecular complexity index is 666. The summed E-state index contributed by atoms with van der Waals surface area (Å²) < 4.78 is 12.1. The Morgan fingerprint density at radius 1 is 1.48 bits per heavy atom. The third-order valence-corrected chi connectivity index (χ3v) is 4.57. The average Bonchev–Trinajstić information content (AvgIpc) is 3.17. The summed E-state index contributed by atoms with van der Waals surface area (Å²) in [6, 6.07) is 1.88. The fraction of sp³-hybridized carbons (Fsp3) is 0.615. The molecular weight excluding hydrogens is 320 g/mol. The Morgan fingerprint density at radius 2 is 2.26 bits per heavy atom. The molecule has 1 aliphatic heterocycles. The minimum Gasteiger partial charge on any atom is -0.381 e. The number of aryl methyl sites for hydroxylation is 1. The second-order valence-corrected chi connectivity index (χ2v) is 6.64. The van der Waals surface area contributed by atoms with E-state index in [0.717, 1.165) is 12.8 Å². The zero-order chi connectivity index (χ0) is 16.2. The van der Waals surface area contributed by atoms with Crippen LogP contribution in [-0.2, 0) is 9.53 Å². The molecule has 3 heterocycles. The van der Waals surface area contributed by atoms with Crippen molar-refractivity contribution in [2.45, 2.75) is 43.1 Å². The van der Waals surface area contributed by atoms with Gasteiger partial charge in [0.25, 0.3) is 0 Å². The molecule has 10 heteroatoms. The summed E-state index contributed by atoms with van der Waals surface area (Å²) >= 11 is 1.32. The van der Waals surface area contributed by atoms with Crippen molar-refractivity contribution in [3.63, 3.8) is 0 Å². The Balaban J connectivity index is 1.62. The van der Waals surface area contributed by atoms with E-state index in [0.29, 0.717) is 29.9 Å². The van der Waals surface area contributed by atoms with E-state index in [2.05, 4.69) is 26.0 Å². The Kier molecular flexibility index (Phi) is 4.91. The van der Waals surface area contributed by atoms with Gasteiger partial charge in [-0.2, -0.15) is 0 Å². The number of hydrogen-bond donors (Lipinski definition) is 1. The molecule has 9 nitrogen and oxygen atoms in total. The highest BCUT2D eigenvalue weighted by Gasteiger charge is 2.24. The summed E-state index contributed by atoms with van der Waals surface area (Å²) in [4.78, 5) is 12.2. The van der Waals surface area contributed by atoms with Gasteiger partial charge >= 0.3 is 0 Å². The van der Waals surface area contributed by atoms with Gasteiger partial charge in [-0.1, -0.05) is 16.9 Å². The molecule has 1 aliphatic rings. The maximum absolute atomic E-state index is 12.2. The predicted molar refractivity (Wildman–Crippen MR) is 82.1 cm³/mol. The number of amides is 1. The van der Waals surface area contributed by atoms with E-state index in [9.17, 15) is 4.79 Å². The number of nitrogens with one attached hydrogen (secondary N) is 1. The van der Waals surface area contributed by atoms with Crippen LogP contribution in [-0.4, -0.2) is 49.7 Å². The van der Waals surface area contributed by atoms with E-state index < -0.39 is 0 Å². The van der Waals surface area contributed by atoms with Gasteiger partial charge < -0.3 is 9.26 Å². The molecule has 2 aromatic rings. The monoisotopic (exact) mass is 338 g/mol. The Labute approximate surface area is 137 Å². The second-order valence-electron chi connectivity index (χ2n) is 5.33. The Hall–Kier alpha value is -1.94. The van der Waals surface area contributed by atoms with E-state index in [1.807, 2.05) is 0 Å². The van der Waals surface area contributed by atoms with Crippen molar-refractivity contribution in [2.24, 2.45) is 0 Å². The molecule has 0 radical (unpaired) electrons. The van der Waals surface area contributed by atoms with Gasteiger partial charge in [0.05, 0.1) is 17.0 Å². The van der Waals surface area contributed by atoms with Crippen molar-refractivity contribution in [3.8, 4) is 0 Å². The third kappa shape index (κ3) is 3.88. The van der Waals surface area contributed by atoms with Crippen molar-refractivity contribution in [2.75, 3.05) is 18.5 Å². The number of aromatic nitrogens is 5. The first kappa shape index (κ1) is 15.9. The molecular formula is C13H18N6O3S. The van der Waals surface area contributed by atoms with Gasteiger partial charge in [0.15, 0.2) is 0 Å². The molecule has 1 saturated heterocycles. The second kappa shape index (κ2) is 7.09. The first-order chi connectivity index (χ1) is 11.1. The number of carbonyl (C=O) groups excluding carboxylic acids is 1. The maximum Gasteiger partial charge on any atom is 0.240 e. The van der Waals surface area contributed by atoms with Crippen LogP contribution in [0.4, 0.5) is 5.88 Å². The summed E-state index contributed by atoms with van der Waals surface area (Å²) in [6.07, 6.45) is 1.74.